The van der Waals surface area contributed by atoms with Crippen LogP contribution in [-0.2, 0) is 36.6 Å². The molecule has 0 bridgehead atoms. The molecule has 2 fully saturated rings. The Labute approximate surface area is 242 Å². The molecule has 12 heteroatoms. The second-order valence-electron chi connectivity index (χ2n) is 10.4. The number of carbonyl (C=O) groups is 3. The van der Waals surface area contributed by atoms with E-state index < -0.39 is 29.4 Å². The monoisotopic (exact) mass is 596 g/mol. The number of halogens is 4. The summed E-state index contributed by atoms with van der Waals surface area (Å²) in [6.07, 6.45) is 2.41. The van der Waals surface area contributed by atoms with Gasteiger partial charge in [-0.3, -0.25) is 9.59 Å². The minimum absolute atomic E-state index is 0.0408. The Bertz CT molecular complexity index is 1210. The van der Waals surface area contributed by atoms with Crippen LogP contribution in [0.4, 0.5) is 22.4 Å². The summed E-state index contributed by atoms with van der Waals surface area (Å²) in [7, 11) is 3.96. The standard InChI is InChI=1S/C16H19F2NO4.C14H17F2NO2/c1-22-15(20)11-3-4-19(16(21)23-2)14(8-11)7-10-5-12(17)9-13(18)6-10;1-19-14(18)10-2-3-17-13(7-10)6-9-4-11(15)8-12(16)5-9/h5-6,9,11,14H,3-4,7-8H2,1-2H3;4-5,8,10,13,17H,2-3,6-7H2,1H3. The van der Waals surface area contributed by atoms with Crippen molar-refractivity contribution >= 4 is 18.0 Å². The van der Waals surface area contributed by atoms with Crippen molar-refractivity contribution in [3.8, 4) is 0 Å². The third kappa shape index (κ3) is 9.43. The van der Waals surface area contributed by atoms with Crippen molar-refractivity contribution in [1.82, 2.24) is 10.2 Å². The molecule has 1 N–H and O–H groups in total. The molecular weight excluding hydrogens is 560 g/mol. The fourth-order valence-corrected chi connectivity index (χ4v) is 5.54. The first-order valence-electron chi connectivity index (χ1n) is 13.7. The Morgan fingerprint density at radius 2 is 1.24 bits per heavy atom. The van der Waals surface area contributed by atoms with E-state index in [9.17, 15) is 31.9 Å². The largest absolute Gasteiger partial charge is 0.469 e. The van der Waals surface area contributed by atoms with Gasteiger partial charge in [-0.15, -0.1) is 0 Å². The van der Waals surface area contributed by atoms with E-state index in [2.05, 4.69) is 5.32 Å². The highest BCUT2D eigenvalue weighted by atomic mass is 19.1. The van der Waals surface area contributed by atoms with Gasteiger partial charge in [0.25, 0.3) is 0 Å². The van der Waals surface area contributed by atoms with Crippen LogP contribution in [0.3, 0.4) is 0 Å². The van der Waals surface area contributed by atoms with E-state index in [0.29, 0.717) is 49.9 Å². The van der Waals surface area contributed by atoms with Gasteiger partial charge in [-0.2, -0.15) is 0 Å². The predicted molar refractivity (Wildman–Crippen MR) is 144 cm³/mol. The number of hydrogen-bond acceptors (Lipinski definition) is 7. The molecular formula is C30H36F4N2O6. The van der Waals surface area contributed by atoms with Crippen LogP contribution < -0.4 is 5.32 Å². The molecule has 2 heterocycles. The first kappa shape index (κ1) is 32.8. The van der Waals surface area contributed by atoms with E-state index in [4.69, 9.17) is 14.2 Å². The zero-order valence-corrected chi connectivity index (χ0v) is 23.8. The number of methoxy groups -OCH3 is 3. The van der Waals surface area contributed by atoms with E-state index in [1.54, 1.807) is 0 Å². The molecule has 230 valence electrons. The first-order valence-corrected chi connectivity index (χ1v) is 13.7. The molecule has 0 spiro atoms. The van der Waals surface area contributed by atoms with Crippen molar-refractivity contribution in [1.29, 1.82) is 0 Å². The second-order valence-corrected chi connectivity index (χ2v) is 10.4. The highest BCUT2D eigenvalue weighted by Gasteiger charge is 2.36. The van der Waals surface area contributed by atoms with Gasteiger partial charge in [0.15, 0.2) is 0 Å². The second kappa shape index (κ2) is 15.5. The maximum atomic E-state index is 13.3. The van der Waals surface area contributed by atoms with Gasteiger partial charge in [-0.05, 0) is 80.5 Å². The summed E-state index contributed by atoms with van der Waals surface area (Å²) in [5.41, 5.74) is 1.02. The Morgan fingerprint density at radius 3 is 1.74 bits per heavy atom. The molecule has 2 aromatic carbocycles. The number of rotatable bonds is 6. The molecule has 2 aromatic rings. The van der Waals surface area contributed by atoms with Crippen LogP contribution in [0.5, 0.6) is 0 Å². The smallest absolute Gasteiger partial charge is 0.409 e. The summed E-state index contributed by atoms with van der Waals surface area (Å²) in [6.45, 7) is 1.04. The number of likely N-dealkylation sites (tertiary alicyclic amines) is 1. The highest BCUT2D eigenvalue weighted by molar-refractivity contribution is 5.74. The van der Waals surface area contributed by atoms with Crippen LogP contribution in [-0.4, -0.2) is 69.4 Å². The van der Waals surface area contributed by atoms with Gasteiger partial charge in [0, 0.05) is 30.8 Å². The topological polar surface area (TPSA) is 94.2 Å². The minimum Gasteiger partial charge on any atom is -0.469 e. The summed E-state index contributed by atoms with van der Waals surface area (Å²) in [5.74, 6) is -3.53. The quantitative estimate of drug-likeness (QED) is 0.297. The summed E-state index contributed by atoms with van der Waals surface area (Å²) < 4.78 is 67.1. The van der Waals surface area contributed by atoms with Crippen molar-refractivity contribution in [3.63, 3.8) is 0 Å². The average Bonchev–Trinajstić information content (AvgIpc) is 2.95. The van der Waals surface area contributed by atoms with Gasteiger partial charge >= 0.3 is 18.0 Å². The van der Waals surface area contributed by atoms with Gasteiger partial charge in [0.1, 0.15) is 23.3 Å². The van der Waals surface area contributed by atoms with Crippen molar-refractivity contribution in [3.05, 3.63) is 70.8 Å². The molecule has 42 heavy (non-hydrogen) atoms. The summed E-state index contributed by atoms with van der Waals surface area (Å²) in [4.78, 5) is 36.6. The minimum atomic E-state index is -0.676. The van der Waals surface area contributed by atoms with Crippen molar-refractivity contribution in [2.75, 3.05) is 34.4 Å². The van der Waals surface area contributed by atoms with Crippen LogP contribution in [0.1, 0.15) is 36.8 Å². The van der Waals surface area contributed by atoms with Gasteiger partial charge in [-0.25, -0.2) is 22.4 Å². The maximum absolute atomic E-state index is 13.3. The Kier molecular flexibility index (Phi) is 12.1. The molecule has 8 nitrogen and oxygen atoms in total. The van der Waals surface area contributed by atoms with Gasteiger partial charge < -0.3 is 24.4 Å². The number of ether oxygens (including phenoxy) is 3. The fraction of sp³-hybridized carbons (Fsp3) is 0.500. The zero-order chi connectivity index (χ0) is 30.8. The van der Waals surface area contributed by atoms with Crippen LogP contribution in [0.25, 0.3) is 0 Å². The Morgan fingerprint density at radius 1 is 0.738 bits per heavy atom. The Hall–Kier alpha value is -3.67. The number of amides is 1. The summed E-state index contributed by atoms with van der Waals surface area (Å²) in [5, 5.41) is 3.26. The zero-order valence-electron chi connectivity index (χ0n) is 23.8. The van der Waals surface area contributed by atoms with E-state index in [-0.39, 0.29) is 42.3 Å². The fourth-order valence-electron chi connectivity index (χ4n) is 5.54. The molecule has 4 atom stereocenters. The molecule has 2 aliphatic rings. The lowest BCUT2D eigenvalue weighted by Gasteiger charge is -2.37. The molecule has 0 saturated carbocycles. The molecule has 4 unspecified atom stereocenters. The number of piperidine rings is 2. The lowest BCUT2D eigenvalue weighted by molar-refractivity contribution is -0.148. The Balaban J connectivity index is 0.000000235. The molecule has 1 amide bonds. The highest BCUT2D eigenvalue weighted by Crippen LogP contribution is 2.27. The molecule has 4 rings (SSSR count). The first-order chi connectivity index (χ1) is 20.0. The van der Waals surface area contributed by atoms with Crippen molar-refractivity contribution in [2.24, 2.45) is 11.8 Å². The average molecular weight is 597 g/mol. The van der Waals surface area contributed by atoms with Gasteiger partial charge in [-0.1, -0.05) is 0 Å². The van der Waals surface area contributed by atoms with Crippen LogP contribution in [0, 0.1) is 35.1 Å². The van der Waals surface area contributed by atoms with Crippen LogP contribution in [0.2, 0.25) is 0 Å². The van der Waals surface area contributed by atoms with Crippen LogP contribution >= 0.6 is 0 Å². The van der Waals surface area contributed by atoms with Gasteiger partial charge in [0.2, 0.25) is 0 Å². The molecule has 0 aromatic heterocycles. The third-order valence-corrected chi connectivity index (χ3v) is 7.49. The van der Waals surface area contributed by atoms with E-state index in [1.165, 1.54) is 50.5 Å². The van der Waals surface area contributed by atoms with Crippen molar-refractivity contribution in [2.45, 2.75) is 50.6 Å². The van der Waals surface area contributed by atoms with Gasteiger partial charge in [0.05, 0.1) is 33.2 Å². The lowest BCUT2D eigenvalue weighted by atomic mass is 9.88. The van der Waals surface area contributed by atoms with Crippen LogP contribution in [0.15, 0.2) is 36.4 Å². The van der Waals surface area contributed by atoms with Crippen molar-refractivity contribution < 1.29 is 46.2 Å². The van der Waals surface area contributed by atoms with E-state index in [0.717, 1.165) is 18.6 Å². The molecule has 0 radical (unpaired) electrons. The van der Waals surface area contributed by atoms with E-state index >= 15 is 0 Å². The SMILES string of the molecule is COC(=O)C1CCN(C(=O)OC)C(Cc2cc(F)cc(F)c2)C1.COC(=O)C1CCNC(Cc2cc(F)cc(F)c2)C1. The molecule has 0 aliphatic carbocycles. The third-order valence-electron chi connectivity index (χ3n) is 7.49. The molecule has 2 saturated heterocycles. The number of esters is 2. The van der Waals surface area contributed by atoms with E-state index in [1.807, 2.05) is 0 Å². The predicted octanol–water partition coefficient (Wildman–Crippen LogP) is 4.58. The number of nitrogens with zero attached hydrogens (tertiary/aromatic N) is 1. The number of benzene rings is 2. The summed E-state index contributed by atoms with van der Waals surface area (Å²) in [6, 6.07) is 6.40. The number of hydrogen-bond donors (Lipinski definition) is 1. The maximum Gasteiger partial charge on any atom is 0.409 e. The number of carbonyl (C=O) groups excluding carboxylic acids is 3. The number of nitrogens with one attached hydrogen (secondary N) is 1. The molecule has 2 aliphatic heterocycles. The normalized spacial score (nSPS) is 21.9. The lowest BCUT2D eigenvalue weighted by Crippen LogP contribution is -2.48. The summed E-state index contributed by atoms with van der Waals surface area (Å²) >= 11 is 0.